The van der Waals surface area contributed by atoms with Gasteiger partial charge in [0.05, 0.1) is 13.2 Å². The Labute approximate surface area is 109 Å². The number of urea groups is 1. The second kappa shape index (κ2) is 7.71. The highest BCUT2D eigenvalue weighted by molar-refractivity contribution is 5.75. The topological polar surface area (TPSA) is 41.6 Å². The number of hydrogen-bond acceptors (Lipinski definition) is 2. The van der Waals surface area contributed by atoms with E-state index in [0.29, 0.717) is 6.54 Å². The van der Waals surface area contributed by atoms with E-state index in [-0.39, 0.29) is 12.1 Å². The predicted octanol–water partition coefficient (Wildman–Crippen LogP) is 2.60. The van der Waals surface area contributed by atoms with Gasteiger partial charge in [0.15, 0.2) is 0 Å². The average Bonchev–Trinajstić information content (AvgIpc) is 2.80. The van der Waals surface area contributed by atoms with Gasteiger partial charge in [0, 0.05) is 6.54 Å². The molecule has 2 amide bonds. The van der Waals surface area contributed by atoms with Crippen LogP contribution in [0.5, 0.6) is 0 Å². The second-order valence-electron chi connectivity index (χ2n) is 3.87. The van der Waals surface area contributed by atoms with E-state index in [2.05, 4.69) is 17.4 Å². The van der Waals surface area contributed by atoms with Crippen LogP contribution in [-0.4, -0.2) is 30.8 Å². The van der Waals surface area contributed by atoms with E-state index in [9.17, 15) is 4.79 Å². The number of rotatable bonds is 4. The predicted molar refractivity (Wildman–Crippen MR) is 72.1 cm³/mol. The molecule has 0 aliphatic carbocycles. The van der Waals surface area contributed by atoms with Crippen molar-refractivity contribution >= 4 is 6.03 Å². The lowest BCUT2D eigenvalue weighted by molar-refractivity contribution is -0.100. The molecule has 0 radical (unpaired) electrons. The van der Waals surface area contributed by atoms with Crippen LogP contribution in [0.25, 0.3) is 0 Å². The first kappa shape index (κ1) is 14.5. The van der Waals surface area contributed by atoms with Crippen molar-refractivity contribution in [2.75, 3.05) is 13.7 Å². The van der Waals surface area contributed by atoms with Crippen LogP contribution in [0.2, 0.25) is 0 Å². The minimum atomic E-state index is -0.138. The largest absolute Gasteiger partial charge is 0.341 e. The van der Waals surface area contributed by atoms with Gasteiger partial charge in [0.1, 0.15) is 0 Å². The molecule has 0 aromatic heterocycles. The SMILES string of the molecule is CC.CON1C(=O)NCC1CCc1ccccc1. The highest BCUT2D eigenvalue weighted by atomic mass is 16.7. The van der Waals surface area contributed by atoms with Gasteiger partial charge in [-0.15, -0.1) is 0 Å². The highest BCUT2D eigenvalue weighted by Crippen LogP contribution is 2.13. The average molecular weight is 250 g/mol. The molecule has 4 heteroatoms. The first-order chi connectivity index (χ1) is 8.81. The molecule has 0 spiro atoms. The van der Waals surface area contributed by atoms with E-state index in [0.717, 1.165) is 12.8 Å². The number of carbonyl (C=O) groups is 1. The normalized spacial score (nSPS) is 18.1. The smallest absolute Gasteiger partial charge is 0.334 e. The molecule has 1 heterocycles. The maximum atomic E-state index is 11.3. The lowest BCUT2D eigenvalue weighted by atomic mass is 10.1. The maximum absolute atomic E-state index is 11.3. The van der Waals surface area contributed by atoms with E-state index in [1.165, 1.54) is 17.7 Å². The molecular formula is C14H22N2O2. The van der Waals surface area contributed by atoms with Crippen LogP contribution in [0, 0.1) is 0 Å². The summed E-state index contributed by atoms with van der Waals surface area (Å²) in [6, 6.07) is 10.3. The number of nitrogens with zero attached hydrogens (tertiary/aromatic N) is 1. The van der Waals surface area contributed by atoms with E-state index >= 15 is 0 Å². The molecule has 1 aromatic carbocycles. The third kappa shape index (κ3) is 3.74. The fourth-order valence-corrected chi connectivity index (χ4v) is 1.96. The number of carbonyl (C=O) groups excluding carboxylic acids is 1. The van der Waals surface area contributed by atoms with Crippen LogP contribution >= 0.6 is 0 Å². The summed E-state index contributed by atoms with van der Waals surface area (Å²) in [4.78, 5) is 16.4. The van der Waals surface area contributed by atoms with Crippen molar-refractivity contribution in [3.05, 3.63) is 35.9 Å². The molecule has 2 rings (SSSR count). The summed E-state index contributed by atoms with van der Waals surface area (Å²) < 4.78 is 0. The minimum absolute atomic E-state index is 0.137. The molecule has 1 fully saturated rings. The maximum Gasteiger partial charge on any atom is 0.341 e. The summed E-state index contributed by atoms with van der Waals surface area (Å²) in [6.45, 7) is 4.67. The second-order valence-corrected chi connectivity index (χ2v) is 3.87. The van der Waals surface area contributed by atoms with Gasteiger partial charge in [-0.05, 0) is 18.4 Å². The molecule has 0 saturated carbocycles. The summed E-state index contributed by atoms with van der Waals surface area (Å²) in [7, 11) is 1.53. The van der Waals surface area contributed by atoms with Crippen molar-refractivity contribution in [2.45, 2.75) is 32.7 Å². The van der Waals surface area contributed by atoms with Crippen LogP contribution in [0.4, 0.5) is 4.79 Å². The fourth-order valence-electron chi connectivity index (χ4n) is 1.96. The van der Waals surface area contributed by atoms with Gasteiger partial charge in [0.25, 0.3) is 0 Å². The Kier molecular flexibility index (Phi) is 6.22. The van der Waals surface area contributed by atoms with Crippen molar-refractivity contribution in [1.82, 2.24) is 10.4 Å². The summed E-state index contributed by atoms with van der Waals surface area (Å²) in [5, 5.41) is 4.19. The molecule has 1 N–H and O–H groups in total. The van der Waals surface area contributed by atoms with E-state index in [1.807, 2.05) is 32.0 Å². The van der Waals surface area contributed by atoms with Crippen molar-refractivity contribution in [3.8, 4) is 0 Å². The van der Waals surface area contributed by atoms with Gasteiger partial charge in [-0.2, -0.15) is 5.06 Å². The quantitative estimate of drug-likeness (QED) is 0.892. The third-order valence-electron chi connectivity index (χ3n) is 2.83. The third-order valence-corrected chi connectivity index (χ3v) is 2.83. The molecular weight excluding hydrogens is 228 g/mol. The van der Waals surface area contributed by atoms with Crippen molar-refractivity contribution in [2.24, 2.45) is 0 Å². The molecule has 100 valence electrons. The molecule has 1 saturated heterocycles. The number of benzene rings is 1. The summed E-state index contributed by atoms with van der Waals surface area (Å²) in [6.07, 6.45) is 1.87. The summed E-state index contributed by atoms with van der Waals surface area (Å²) in [5.74, 6) is 0. The Morgan fingerprint density at radius 1 is 1.33 bits per heavy atom. The van der Waals surface area contributed by atoms with Crippen LogP contribution in [0.3, 0.4) is 0 Å². The lowest BCUT2D eigenvalue weighted by Crippen LogP contribution is -2.33. The number of nitrogens with one attached hydrogen (secondary N) is 1. The van der Waals surface area contributed by atoms with Crippen LogP contribution < -0.4 is 5.32 Å². The lowest BCUT2D eigenvalue weighted by Gasteiger charge is -2.19. The van der Waals surface area contributed by atoms with E-state index < -0.39 is 0 Å². The van der Waals surface area contributed by atoms with Crippen molar-refractivity contribution in [3.63, 3.8) is 0 Å². The van der Waals surface area contributed by atoms with E-state index in [4.69, 9.17) is 4.84 Å². The highest BCUT2D eigenvalue weighted by Gasteiger charge is 2.30. The molecule has 1 unspecified atom stereocenters. The fraction of sp³-hybridized carbons (Fsp3) is 0.500. The van der Waals surface area contributed by atoms with Gasteiger partial charge in [0.2, 0.25) is 0 Å². The molecule has 1 aliphatic heterocycles. The zero-order valence-corrected chi connectivity index (χ0v) is 11.3. The van der Waals surface area contributed by atoms with Crippen LogP contribution in [0.15, 0.2) is 30.3 Å². The molecule has 18 heavy (non-hydrogen) atoms. The first-order valence-electron chi connectivity index (χ1n) is 6.46. The standard InChI is InChI=1S/C12H16N2O2.C2H6/c1-16-14-11(9-13-12(14)15)8-7-10-5-3-2-4-6-10;1-2/h2-6,11H,7-9H2,1H3,(H,13,15);1-2H3. The number of amides is 2. The number of hydrogen-bond donors (Lipinski definition) is 1. The number of aryl methyl sites for hydroxylation is 1. The van der Waals surface area contributed by atoms with E-state index in [1.54, 1.807) is 0 Å². The van der Waals surface area contributed by atoms with Gasteiger partial charge >= 0.3 is 6.03 Å². The van der Waals surface area contributed by atoms with Crippen LogP contribution in [-0.2, 0) is 11.3 Å². The van der Waals surface area contributed by atoms with Gasteiger partial charge < -0.3 is 5.32 Å². The Morgan fingerprint density at radius 2 is 2.00 bits per heavy atom. The van der Waals surface area contributed by atoms with Gasteiger partial charge in [-0.3, -0.25) is 4.84 Å². The Bertz CT molecular complexity index is 354. The van der Waals surface area contributed by atoms with Gasteiger partial charge in [-0.25, -0.2) is 4.79 Å². The van der Waals surface area contributed by atoms with Crippen molar-refractivity contribution in [1.29, 1.82) is 0 Å². The molecule has 0 bridgehead atoms. The Balaban J connectivity index is 0.000000771. The zero-order chi connectivity index (χ0) is 13.4. The zero-order valence-electron chi connectivity index (χ0n) is 11.3. The number of hydroxylamine groups is 2. The summed E-state index contributed by atoms with van der Waals surface area (Å²) >= 11 is 0. The van der Waals surface area contributed by atoms with Crippen LogP contribution in [0.1, 0.15) is 25.8 Å². The first-order valence-corrected chi connectivity index (χ1v) is 6.46. The molecule has 1 aliphatic rings. The molecule has 1 atom stereocenters. The van der Waals surface area contributed by atoms with Gasteiger partial charge in [-0.1, -0.05) is 44.2 Å². The monoisotopic (exact) mass is 250 g/mol. The summed E-state index contributed by atoms with van der Waals surface area (Å²) in [5.41, 5.74) is 1.29. The molecule has 4 nitrogen and oxygen atoms in total. The minimum Gasteiger partial charge on any atom is -0.334 e. The molecule has 1 aromatic rings. The Morgan fingerprint density at radius 3 is 2.61 bits per heavy atom. The Hall–Kier alpha value is -1.55. The van der Waals surface area contributed by atoms with Crippen molar-refractivity contribution < 1.29 is 9.63 Å².